The van der Waals surface area contributed by atoms with Gasteiger partial charge in [-0.15, -0.1) is 12.8 Å². The number of fused-ring (bicyclic) bond motifs is 6. The second-order valence-electron chi connectivity index (χ2n) is 27.1. The molecule has 6 heteroatoms. The fourth-order valence-corrected chi connectivity index (χ4v) is 10.7. The second kappa shape index (κ2) is 30.2. The van der Waals surface area contributed by atoms with Crippen molar-refractivity contribution in [2.24, 2.45) is 0 Å². The van der Waals surface area contributed by atoms with Gasteiger partial charge in [-0.05, 0) is 146 Å². The molecule has 0 aliphatic heterocycles. The van der Waals surface area contributed by atoms with Gasteiger partial charge in [0.1, 0.15) is 0 Å². The van der Waals surface area contributed by atoms with Crippen molar-refractivity contribution in [3.8, 4) is 60.3 Å². The van der Waals surface area contributed by atoms with Crippen LogP contribution in [0.2, 0.25) is 0 Å². The summed E-state index contributed by atoms with van der Waals surface area (Å²) in [7, 11) is 0. The Morgan fingerprint density at radius 3 is 1.01 bits per heavy atom. The Bertz CT molecular complexity index is 4270. The van der Waals surface area contributed by atoms with Gasteiger partial charge in [0.15, 0.2) is 0 Å². The van der Waals surface area contributed by atoms with Crippen LogP contribution >= 0.6 is 0 Å². The van der Waals surface area contributed by atoms with Crippen molar-refractivity contribution in [2.45, 2.75) is 153 Å². The summed E-state index contributed by atoms with van der Waals surface area (Å²) in [6.07, 6.45) is 10.7. The predicted molar refractivity (Wildman–Crippen MR) is 389 cm³/mol. The van der Waals surface area contributed by atoms with Crippen molar-refractivity contribution in [3.05, 3.63) is 261 Å². The third kappa shape index (κ3) is 17.3. The van der Waals surface area contributed by atoms with Crippen molar-refractivity contribution in [3.63, 3.8) is 0 Å². The lowest BCUT2D eigenvalue weighted by molar-refractivity contribution is 0.587. The molecule has 0 spiro atoms. The van der Waals surface area contributed by atoms with E-state index in [0.29, 0.717) is 11.1 Å². The maximum absolute atomic E-state index is 8.98. The van der Waals surface area contributed by atoms with E-state index in [1.807, 2.05) is 72.8 Å². The van der Waals surface area contributed by atoms with Crippen LogP contribution in [0.3, 0.4) is 0 Å². The van der Waals surface area contributed by atoms with E-state index in [4.69, 9.17) is 33.9 Å². The average Bonchev–Trinajstić information content (AvgIpc) is 1.61. The second-order valence-corrected chi connectivity index (χ2v) is 27.1. The largest absolute Gasteiger partial charge is 0.309 e. The Balaban J connectivity index is 0.000000269. The number of hydrogen-bond acceptors (Lipinski definition) is 4. The van der Waals surface area contributed by atoms with Crippen LogP contribution in [0.5, 0.6) is 0 Å². The van der Waals surface area contributed by atoms with Crippen LogP contribution < -0.4 is 0 Å². The van der Waals surface area contributed by atoms with Crippen LogP contribution in [0, 0.1) is 70.0 Å². The molecule has 11 rings (SSSR count). The maximum atomic E-state index is 8.98. The third-order valence-electron chi connectivity index (χ3n) is 15.4. The topological polar surface area (TPSA) is 105 Å². The summed E-state index contributed by atoms with van der Waals surface area (Å²) in [5, 5.41) is 40.4. The molecule has 2 aromatic heterocycles. The number of nitrogens with zero attached hydrogens (tertiary/aromatic N) is 6. The van der Waals surface area contributed by atoms with Crippen LogP contribution in [-0.2, 0) is 27.1 Å². The first kappa shape index (κ1) is 73.1. The number of para-hydroxylation sites is 4. The molecule has 11 aromatic rings. The van der Waals surface area contributed by atoms with E-state index in [9.17, 15) is 0 Å². The highest BCUT2D eigenvalue weighted by atomic mass is 15.0. The summed E-state index contributed by atoms with van der Waals surface area (Å²) in [5.74, 6) is 5.19. The molecule has 0 unspecified atom stereocenters. The Morgan fingerprint density at radius 1 is 0.297 bits per heavy atom. The van der Waals surface area contributed by atoms with Crippen LogP contribution in [0.1, 0.15) is 187 Å². The summed E-state index contributed by atoms with van der Waals surface area (Å²) < 4.78 is 4.86. The lowest BCUT2D eigenvalue weighted by atomic mass is 9.81. The van der Waals surface area contributed by atoms with E-state index < -0.39 is 0 Å². The summed E-state index contributed by atoms with van der Waals surface area (Å²) in [4.78, 5) is 0. The third-order valence-corrected chi connectivity index (χ3v) is 15.4. The molecular formula is C85H92N6. The van der Waals surface area contributed by atoms with Gasteiger partial charge in [-0.1, -0.05) is 247 Å². The number of aromatic nitrogens is 2. The number of rotatable bonds is 2. The highest BCUT2D eigenvalue weighted by Gasteiger charge is 2.23. The highest BCUT2D eigenvalue weighted by molar-refractivity contribution is 6.10. The monoisotopic (exact) mass is 1200 g/mol. The van der Waals surface area contributed by atoms with Crippen molar-refractivity contribution in [2.75, 3.05) is 0 Å². The molecule has 2 heterocycles. The molecule has 0 saturated heterocycles. The van der Waals surface area contributed by atoms with Crippen LogP contribution in [-0.4, -0.2) is 9.13 Å². The minimum Gasteiger partial charge on any atom is -0.309 e. The zero-order valence-corrected chi connectivity index (χ0v) is 53.9. The molecule has 0 N–H and O–H groups in total. The molecule has 0 aliphatic carbocycles. The minimum atomic E-state index is -0.0893. The van der Waals surface area contributed by atoms with Gasteiger partial charge in [0, 0.05) is 44.0 Å². The van der Waals surface area contributed by atoms with Gasteiger partial charge in [0.2, 0.25) is 0 Å². The number of benzene rings is 9. The zero-order valence-electron chi connectivity index (χ0n) is 53.9. The van der Waals surface area contributed by atoms with Crippen molar-refractivity contribution in [1.29, 1.82) is 21.0 Å². The minimum absolute atomic E-state index is 0. The van der Waals surface area contributed by atoms with Crippen molar-refractivity contribution < 1.29 is 0 Å². The van der Waals surface area contributed by atoms with Crippen molar-refractivity contribution >= 4 is 43.6 Å². The smallest absolute Gasteiger partial charge is 0.0995 e. The fourth-order valence-electron chi connectivity index (χ4n) is 10.7. The zero-order chi connectivity index (χ0) is 64.4. The van der Waals surface area contributed by atoms with E-state index in [0.717, 1.165) is 38.9 Å². The van der Waals surface area contributed by atoms with Gasteiger partial charge in [-0.3, -0.25) is 0 Å². The van der Waals surface area contributed by atoms with Gasteiger partial charge in [-0.2, -0.15) is 21.0 Å². The molecule has 0 radical (unpaired) electrons. The first-order valence-electron chi connectivity index (χ1n) is 29.7. The van der Waals surface area contributed by atoms with E-state index in [2.05, 4.69) is 264 Å². The number of hydrogen-bond donors (Lipinski definition) is 0. The quantitative estimate of drug-likeness (QED) is 0.161. The average molecular weight is 1200 g/mol. The standard InChI is InChI=1S/C34H28N2.2C13H13N.2C11H13N.3CH4/c1-34(2,3)23-20-24(35-30-16-8-4-12-26(30)27-13-5-9-17-31(27)35)22-25(21-23)36-32-18-10-6-14-28(32)29-15-7-11-19-33(29)36;1-5-10-6-11(9-14)8-12(7-10)13(2,3)4;1-5-10-7-6-8-11(9-14)12(10)13(2,3)4;1-11(2,3)10-6-4-9(8-12)5-7-10;1-11(2,3)10-7-5-4-6-9(10)8-12;;;/h4-22H,1-3H3;2*1,6-8H,2-4H3;2*4-7H,1-3H3;3*1H4. The first-order chi connectivity index (χ1) is 41.6. The molecule has 0 bridgehead atoms. The Labute approximate surface area is 545 Å². The van der Waals surface area contributed by atoms with Crippen LogP contribution in [0.4, 0.5) is 0 Å². The predicted octanol–water partition coefficient (Wildman–Crippen LogP) is 22.5. The van der Waals surface area contributed by atoms with E-state index in [1.54, 1.807) is 12.1 Å². The molecule has 0 atom stereocenters. The van der Waals surface area contributed by atoms with Crippen LogP contribution in [0.25, 0.3) is 55.0 Å². The molecule has 462 valence electrons. The molecule has 0 amide bonds. The van der Waals surface area contributed by atoms with E-state index in [-0.39, 0.29) is 49.4 Å². The molecular weight excluding hydrogens is 1100 g/mol. The lowest BCUT2D eigenvalue weighted by Crippen LogP contribution is -2.15. The van der Waals surface area contributed by atoms with Gasteiger partial charge in [0.05, 0.1) is 68.6 Å². The Kier molecular flexibility index (Phi) is 24.3. The summed E-state index contributed by atoms with van der Waals surface area (Å²) in [6, 6.07) is 77.2. The Morgan fingerprint density at radius 2 is 0.659 bits per heavy atom. The Hall–Kier alpha value is -10.3. The molecule has 0 saturated carbocycles. The number of terminal acetylenes is 2. The van der Waals surface area contributed by atoms with Gasteiger partial charge in [0.25, 0.3) is 0 Å². The molecule has 0 fully saturated rings. The van der Waals surface area contributed by atoms with Crippen LogP contribution in [0.15, 0.2) is 200 Å². The number of nitriles is 4. The summed E-state index contributed by atoms with van der Waals surface area (Å²) in [5.41, 5.74) is 17.7. The first-order valence-corrected chi connectivity index (χ1v) is 29.7. The molecule has 9 aromatic carbocycles. The molecule has 91 heavy (non-hydrogen) atoms. The molecule has 6 nitrogen and oxygen atoms in total. The van der Waals surface area contributed by atoms with E-state index >= 15 is 0 Å². The lowest BCUT2D eigenvalue weighted by Gasteiger charge is -2.23. The molecule has 0 aliphatic rings. The highest BCUT2D eigenvalue weighted by Crippen LogP contribution is 2.38. The summed E-state index contributed by atoms with van der Waals surface area (Å²) in [6.45, 7) is 32.2. The SMILES string of the molecule is C.C.C.C#Cc1cc(C#N)cc(C(C)(C)C)c1.C#Cc1cccc(C#N)c1C(C)(C)C.CC(C)(C)c1cc(-n2c3ccccc3c3ccccc32)cc(-n2c3ccccc3c3ccccc32)c1.CC(C)(C)c1ccc(C#N)cc1.CC(C)(C)c1ccccc1C#N. The normalized spacial score (nSPS) is 10.9. The van der Waals surface area contributed by atoms with Gasteiger partial charge < -0.3 is 9.13 Å². The van der Waals surface area contributed by atoms with Gasteiger partial charge in [-0.25, -0.2) is 0 Å². The van der Waals surface area contributed by atoms with Gasteiger partial charge >= 0.3 is 0 Å². The van der Waals surface area contributed by atoms with Crippen molar-refractivity contribution in [1.82, 2.24) is 9.13 Å². The fraction of sp³-hybridized carbons (Fsp3) is 0.271. The summed E-state index contributed by atoms with van der Waals surface area (Å²) >= 11 is 0. The van der Waals surface area contributed by atoms with E-state index in [1.165, 1.54) is 66.1 Å². The maximum Gasteiger partial charge on any atom is 0.0995 e.